The number of hydrogen-bond acceptors (Lipinski definition) is 3. The van der Waals surface area contributed by atoms with Crippen LogP contribution in [0.4, 0.5) is 13.2 Å². The minimum Gasteiger partial charge on any atom is -0.297 e. The Kier molecular flexibility index (Phi) is 5.45. The lowest BCUT2D eigenvalue weighted by Gasteiger charge is -2.11. The van der Waals surface area contributed by atoms with Gasteiger partial charge in [-0.2, -0.15) is 18.4 Å². The lowest BCUT2D eigenvalue weighted by molar-refractivity contribution is -0.118. The zero-order valence-corrected chi connectivity index (χ0v) is 12.7. The number of nitrogens with zero attached hydrogens (tertiary/aromatic N) is 1. The minimum atomic E-state index is -4.41. The van der Waals surface area contributed by atoms with E-state index in [1.807, 2.05) is 12.1 Å². The number of alkyl halides is 3. The van der Waals surface area contributed by atoms with Gasteiger partial charge in [-0.1, -0.05) is 42.5 Å². The van der Waals surface area contributed by atoms with Crippen LogP contribution in [0.5, 0.6) is 0 Å². The van der Waals surface area contributed by atoms with Crippen LogP contribution in [0.25, 0.3) is 0 Å². The molecule has 0 aliphatic rings. The molecule has 0 aliphatic heterocycles. The highest BCUT2D eigenvalue weighted by atomic mass is 32.2. The van der Waals surface area contributed by atoms with Gasteiger partial charge in [-0.05, 0) is 35.0 Å². The van der Waals surface area contributed by atoms with E-state index in [0.717, 1.165) is 5.56 Å². The second-order valence-electron chi connectivity index (χ2n) is 4.81. The van der Waals surface area contributed by atoms with E-state index in [1.54, 1.807) is 24.3 Å². The molecule has 0 saturated carbocycles. The van der Waals surface area contributed by atoms with Crippen molar-refractivity contribution in [2.75, 3.05) is 0 Å². The maximum atomic E-state index is 12.4. The van der Waals surface area contributed by atoms with Gasteiger partial charge in [0.1, 0.15) is 5.92 Å². The molecular formula is C17H12F3NOS. The summed E-state index contributed by atoms with van der Waals surface area (Å²) in [4.78, 5) is 12.3. The van der Waals surface area contributed by atoms with Gasteiger partial charge < -0.3 is 0 Å². The highest BCUT2D eigenvalue weighted by Crippen LogP contribution is 2.37. The van der Waals surface area contributed by atoms with Crippen molar-refractivity contribution in [3.63, 3.8) is 0 Å². The summed E-state index contributed by atoms with van der Waals surface area (Å²) in [6.07, 6.45) is 0.0652. The van der Waals surface area contributed by atoms with Crippen LogP contribution in [-0.4, -0.2) is 11.3 Å². The van der Waals surface area contributed by atoms with Gasteiger partial charge in [-0.25, -0.2) is 0 Å². The van der Waals surface area contributed by atoms with E-state index >= 15 is 0 Å². The number of hydrogen-bond donors (Lipinski definition) is 0. The number of carbonyl (C=O) groups excluding carboxylic acids is 1. The van der Waals surface area contributed by atoms with Crippen LogP contribution in [0.2, 0.25) is 0 Å². The zero-order chi connectivity index (χ0) is 16.9. The molecule has 0 aromatic heterocycles. The predicted octanol–water partition coefficient (Wildman–Crippen LogP) is 4.72. The maximum absolute atomic E-state index is 12.4. The van der Waals surface area contributed by atoms with Crippen LogP contribution in [0, 0.1) is 11.3 Å². The third-order valence-electron chi connectivity index (χ3n) is 3.10. The molecule has 23 heavy (non-hydrogen) atoms. The van der Waals surface area contributed by atoms with Crippen LogP contribution in [0.15, 0.2) is 59.5 Å². The Bertz CT molecular complexity index is 723. The van der Waals surface area contributed by atoms with E-state index < -0.39 is 11.4 Å². The number of ketones is 1. The van der Waals surface area contributed by atoms with Crippen LogP contribution in [0.1, 0.15) is 17.0 Å². The van der Waals surface area contributed by atoms with Gasteiger partial charge in [0.2, 0.25) is 0 Å². The lowest BCUT2D eigenvalue weighted by Crippen LogP contribution is -2.13. The van der Waals surface area contributed by atoms with E-state index in [1.165, 1.54) is 24.3 Å². The number of thioether (sulfide) groups is 1. The van der Waals surface area contributed by atoms with E-state index in [2.05, 4.69) is 0 Å². The van der Waals surface area contributed by atoms with Crippen molar-refractivity contribution < 1.29 is 18.0 Å². The summed E-state index contributed by atoms with van der Waals surface area (Å²) in [5.74, 6) is -1.42. The van der Waals surface area contributed by atoms with E-state index in [9.17, 15) is 23.2 Å². The van der Waals surface area contributed by atoms with Crippen LogP contribution in [-0.2, 0) is 11.2 Å². The van der Waals surface area contributed by atoms with Crippen molar-refractivity contribution >= 4 is 17.5 Å². The maximum Gasteiger partial charge on any atom is 0.446 e. The fourth-order valence-electron chi connectivity index (χ4n) is 2.12. The van der Waals surface area contributed by atoms with Gasteiger partial charge in [0.15, 0.2) is 5.78 Å². The molecule has 2 nitrogen and oxygen atoms in total. The molecule has 118 valence electrons. The van der Waals surface area contributed by atoms with Crippen molar-refractivity contribution in [1.29, 1.82) is 5.26 Å². The molecular weight excluding hydrogens is 323 g/mol. The largest absolute Gasteiger partial charge is 0.446 e. The molecule has 1 unspecified atom stereocenters. The van der Waals surface area contributed by atoms with Crippen LogP contribution >= 0.6 is 11.8 Å². The normalized spacial score (nSPS) is 12.4. The summed E-state index contributed by atoms with van der Waals surface area (Å²) in [7, 11) is 0. The molecule has 0 bridgehead atoms. The highest BCUT2D eigenvalue weighted by molar-refractivity contribution is 8.00. The molecule has 2 rings (SSSR count). The molecule has 2 aromatic rings. The molecule has 6 heteroatoms. The first-order valence-corrected chi connectivity index (χ1v) is 7.52. The molecule has 0 radical (unpaired) electrons. The third kappa shape index (κ3) is 5.15. The summed E-state index contributed by atoms with van der Waals surface area (Å²) in [6, 6.07) is 16.3. The quantitative estimate of drug-likeness (QED) is 0.743. The smallest absolute Gasteiger partial charge is 0.297 e. The summed E-state index contributed by atoms with van der Waals surface area (Å²) in [5.41, 5.74) is -3.37. The van der Waals surface area contributed by atoms with E-state index in [4.69, 9.17) is 0 Å². The average molecular weight is 335 g/mol. The van der Waals surface area contributed by atoms with Crippen LogP contribution < -0.4 is 0 Å². The summed E-state index contributed by atoms with van der Waals surface area (Å²) >= 11 is -0.262. The second-order valence-corrected chi connectivity index (χ2v) is 5.95. The molecule has 2 aromatic carbocycles. The Hall–Kier alpha value is -2.26. The molecule has 0 aliphatic carbocycles. The van der Waals surface area contributed by atoms with Gasteiger partial charge in [0.25, 0.3) is 0 Å². The molecule has 0 N–H and O–H groups in total. The van der Waals surface area contributed by atoms with Crippen molar-refractivity contribution in [2.24, 2.45) is 0 Å². The van der Waals surface area contributed by atoms with Gasteiger partial charge in [-0.15, -0.1) is 0 Å². The van der Waals surface area contributed by atoms with Crippen molar-refractivity contribution in [3.8, 4) is 6.07 Å². The minimum absolute atomic E-state index is 0.0391. The number of benzene rings is 2. The van der Waals surface area contributed by atoms with Crippen molar-refractivity contribution in [3.05, 3.63) is 65.7 Å². The topological polar surface area (TPSA) is 40.9 Å². The molecule has 0 spiro atoms. The fraction of sp³-hybridized carbons (Fsp3) is 0.176. The summed E-state index contributed by atoms with van der Waals surface area (Å²) in [6.45, 7) is 0. The Labute approximate surface area is 135 Å². The Morgan fingerprint density at radius 2 is 1.83 bits per heavy atom. The SMILES string of the molecule is N#CC(C(=O)Cc1ccccc1)c1cccc(SC(F)(F)F)c1. The Balaban J connectivity index is 2.19. The first-order chi connectivity index (χ1) is 10.9. The Morgan fingerprint density at radius 1 is 1.13 bits per heavy atom. The molecule has 1 atom stereocenters. The number of rotatable bonds is 5. The first kappa shape index (κ1) is 17.1. The molecule has 0 fully saturated rings. The fourth-order valence-corrected chi connectivity index (χ4v) is 2.73. The average Bonchev–Trinajstić information content (AvgIpc) is 2.47. The summed E-state index contributed by atoms with van der Waals surface area (Å²) < 4.78 is 37.3. The predicted molar refractivity (Wildman–Crippen MR) is 81.9 cm³/mol. The van der Waals surface area contributed by atoms with Gasteiger partial charge in [0, 0.05) is 11.3 Å². The third-order valence-corrected chi connectivity index (χ3v) is 3.82. The standard InChI is InChI=1S/C17H12F3NOS/c18-17(19,20)23-14-8-4-7-13(10-14)15(11-21)16(22)9-12-5-2-1-3-6-12/h1-8,10,15H,9H2. The lowest BCUT2D eigenvalue weighted by atomic mass is 9.92. The first-order valence-electron chi connectivity index (χ1n) is 6.71. The van der Waals surface area contributed by atoms with Gasteiger partial charge in [-0.3, -0.25) is 4.79 Å². The number of halogens is 3. The van der Waals surface area contributed by atoms with Crippen LogP contribution in [0.3, 0.4) is 0 Å². The second kappa shape index (κ2) is 7.34. The molecule has 0 amide bonds. The monoisotopic (exact) mass is 335 g/mol. The number of carbonyl (C=O) groups is 1. The summed E-state index contributed by atoms with van der Waals surface area (Å²) in [5, 5.41) is 9.25. The van der Waals surface area contributed by atoms with Crippen molar-refractivity contribution in [2.45, 2.75) is 22.7 Å². The van der Waals surface area contributed by atoms with E-state index in [-0.39, 0.29) is 34.4 Å². The number of Topliss-reactive ketones (excluding diaryl/α,β-unsaturated/α-hetero) is 1. The Morgan fingerprint density at radius 3 is 2.43 bits per heavy atom. The van der Waals surface area contributed by atoms with Gasteiger partial charge >= 0.3 is 5.51 Å². The molecule has 0 heterocycles. The van der Waals surface area contributed by atoms with Gasteiger partial charge in [0.05, 0.1) is 6.07 Å². The number of nitriles is 1. The highest BCUT2D eigenvalue weighted by Gasteiger charge is 2.30. The zero-order valence-electron chi connectivity index (χ0n) is 11.9. The van der Waals surface area contributed by atoms with Crippen molar-refractivity contribution in [1.82, 2.24) is 0 Å². The van der Waals surface area contributed by atoms with E-state index in [0.29, 0.717) is 0 Å². The molecule has 0 saturated heterocycles.